The molecule has 0 heterocycles. The van der Waals surface area contributed by atoms with Gasteiger partial charge in [-0.15, -0.1) is 0 Å². The Hall–Kier alpha value is -2.70. The molecule has 0 saturated carbocycles. The van der Waals surface area contributed by atoms with Gasteiger partial charge < -0.3 is 0 Å². The minimum Gasteiger partial charge on any atom is -0.0610 e. The summed E-state index contributed by atoms with van der Waals surface area (Å²) < 4.78 is 2.65. The standard InChI is InChI=1S/C38H26I2/c1-37(2)29-15-25-19-7-5-9-23-34(40)14-12-22(35(19)23)28(25)18-32(29)38(3,4)30-16-26-20-8-6-10-24-33(39)13-11-21(36(20)24)27(26)17-31(30)37/h5-18H,1-4H3. The number of hydrogen-bond acceptors (Lipinski definition) is 0. The predicted molar refractivity (Wildman–Crippen MR) is 186 cm³/mol. The second-order valence-electron chi connectivity index (χ2n) is 12.8. The van der Waals surface area contributed by atoms with Crippen LogP contribution < -0.4 is 0 Å². The van der Waals surface area contributed by atoms with Gasteiger partial charge in [-0.1, -0.05) is 76.2 Å². The van der Waals surface area contributed by atoms with Gasteiger partial charge in [-0.3, -0.25) is 0 Å². The number of hydrogen-bond donors (Lipinski definition) is 0. The van der Waals surface area contributed by atoms with Crippen LogP contribution in [0.5, 0.6) is 0 Å². The Labute approximate surface area is 262 Å². The Morgan fingerprint density at radius 2 is 0.725 bits per heavy atom. The third-order valence-electron chi connectivity index (χ3n) is 10.1. The predicted octanol–water partition coefficient (Wildman–Crippen LogP) is 11.5. The van der Waals surface area contributed by atoms with E-state index in [2.05, 4.69) is 158 Å². The summed E-state index contributed by atoms with van der Waals surface area (Å²) in [5.74, 6) is 0. The van der Waals surface area contributed by atoms with Crippen LogP contribution in [0.1, 0.15) is 49.9 Å². The Morgan fingerprint density at radius 3 is 1.07 bits per heavy atom. The van der Waals surface area contributed by atoms with Crippen molar-refractivity contribution in [2.75, 3.05) is 0 Å². The second kappa shape index (κ2) is 7.57. The second-order valence-corrected chi connectivity index (χ2v) is 15.1. The molecule has 0 N–H and O–H groups in total. The topological polar surface area (TPSA) is 0 Å². The monoisotopic (exact) mass is 736 g/mol. The molecule has 6 aromatic rings. The summed E-state index contributed by atoms with van der Waals surface area (Å²) in [5, 5.41) is 5.56. The zero-order chi connectivity index (χ0) is 27.3. The lowest BCUT2D eigenvalue weighted by atomic mass is 9.59. The molecule has 0 saturated heterocycles. The lowest BCUT2D eigenvalue weighted by molar-refractivity contribution is 0.521. The summed E-state index contributed by atoms with van der Waals surface area (Å²) in [5.41, 5.74) is 16.7. The van der Waals surface area contributed by atoms with Crippen LogP contribution in [-0.4, -0.2) is 0 Å². The van der Waals surface area contributed by atoms with Crippen molar-refractivity contribution in [1.82, 2.24) is 0 Å². The summed E-state index contributed by atoms with van der Waals surface area (Å²) in [7, 11) is 0. The molecule has 3 aliphatic carbocycles. The molecular weight excluding hydrogens is 710 g/mol. The molecule has 0 radical (unpaired) electrons. The van der Waals surface area contributed by atoms with E-state index >= 15 is 0 Å². The van der Waals surface area contributed by atoms with E-state index in [9.17, 15) is 0 Å². The van der Waals surface area contributed by atoms with Crippen LogP contribution in [0.2, 0.25) is 0 Å². The van der Waals surface area contributed by atoms with Gasteiger partial charge in [0.25, 0.3) is 0 Å². The van der Waals surface area contributed by atoms with Crippen molar-refractivity contribution in [2.45, 2.75) is 38.5 Å². The van der Waals surface area contributed by atoms with E-state index in [1.54, 1.807) is 0 Å². The van der Waals surface area contributed by atoms with Crippen molar-refractivity contribution in [2.24, 2.45) is 0 Å². The fraction of sp³-hybridized carbons (Fsp3) is 0.158. The van der Waals surface area contributed by atoms with Crippen LogP contribution >= 0.6 is 45.2 Å². The first-order chi connectivity index (χ1) is 19.2. The van der Waals surface area contributed by atoms with Gasteiger partial charge >= 0.3 is 0 Å². The van der Waals surface area contributed by atoms with Crippen molar-refractivity contribution >= 4 is 66.7 Å². The molecule has 0 unspecified atom stereocenters. The Bertz CT molecular complexity index is 1940. The molecule has 6 aromatic carbocycles. The van der Waals surface area contributed by atoms with Crippen molar-refractivity contribution in [3.05, 3.63) is 114 Å². The molecule has 0 atom stereocenters. The molecule has 40 heavy (non-hydrogen) atoms. The highest BCUT2D eigenvalue weighted by Gasteiger charge is 2.44. The maximum atomic E-state index is 2.54. The zero-order valence-electron chi connectivity index (χ0n) is 22.8. The molecule has 192 valence electrons. The molecule has 0 amide bonds. The molecule has 3 aliphatic rings. The van der Waals surface area contributed by atoms with E-state index in [0.29, 0.717) is 0 Å². The maximum Gasteiger partial charge on any atom is 0.0209 e. The largest absolute Gasteiger partial charge is 0.0610 e. The summed E-state index contributed by atoms with van der Waals surface area (Å²) in [4.78, 5) is 0. The fourth-order valence-electron chi connectivity index (χ4n) is 8.09. The SMILES string of the molecule is CC1(C)c2cc3c(cc2C(C)(C)c2cc4c(cc21)-c1ccc(I)c2cccc-4c12)-c1ccc(I)c2cccc-3c12. The van der Waals surface area contributed by atoms with Gasteiger partial charge in [0.2, 0.25) is 0 Å². The lowest BCUT2D eigenvalue weighted by Crippen LogP contribution is -2.36. The maximum absolute atomic E-state index is 2.54. The van der Waals surface area contributed by atoms with Gasteiger partial charge in [-0.05, 0) is 170 Å². The van der Waals surface area contributed by atoms with Crippen molar-refractivity contribution in [3.63, 3.8) is 0 Å². The summed E-state index contributed by atoms with van der Waals surface area (Å²) in [6, 6.07) is 33.1. The zero-order valence-corrected chi connectivity index (χ0v) is 27.2. The number of rotatable bonds is 0. The first kappa shape index (κ1) is 24.0. The first-order valence-corrected chi connectivity index (χ1v) is 16.2. The normalized spacial score (nSPS) is 16.1. The van der Waals surface area contributed by atoms with Gasteiger partial charge in [0.1, 0.15) is 0 Å². The quantitative estimate of drug-likeness (QED) is 0.136. The van der Waals surface area contributed by atoms with Gasteiger partial charge in [-0.25, -0.2) is 0 Å². The van der Waals surface area contributed by atoms with Crippen molar-refractivity contribution < 1.29 is 0 Å². The van der Waals surface area contributed by atoms with Crippen LogP contribution in [0, 0.1) is 7.14 Å². The van der Waals surface area contributed by atoms with Crippen LogP contribution in [0.25, 0.3) is 66.1 Å². The minimum absolute atomic E-state index is 0.113. The molecular formula is C38H26I2. The van der Waals surface area contributed by atoms with Crippen molar-refractivity contribution in [3.8, 4) is 44.5 Å². The van der Waals surface area contributed by atoms with E-state index in [1.807, 2.05) is 0 Å². The molecule has 0 aromatic heterocycles. The third-order valence-corrected chi connectivity index (χ3v) is 12.0. The summed E-state index contributed by atoms with van der Waals surface area (Å²) in [6.07, 6.45) is 0. The first-order valence-electron chi connectivity index (χ1n) is 14.0. The van der Waals surface area contributed by atoms with Gasteiger partial charge in [-0.2, -0.15) is 0 Å². The Kier molecular flexibility index (Phi) is 4.53. The van der Waals surface area contributed by atoms with Crippen LogP contribution in [-0.2, 0) is 10.8 Å². The number of fused-ring (bicyclic) bond motifs is 8. The minimum atomic E-state index is -0.113. The van der Waals surface area contributed by atoms with Crippen LogP contribution in [0.15, 0.2) is 84.9 Å². The highest BCUT2D eigenvalue weighted by molar-refractivity contribution is 14.1. The molecule has 0 bridgehead atoms. The molecule has 0 fully saturated rings. The van der Waals surface area contributed by atoms with Gasteiger partial charge in [0.05, 0.1) is 0 Å². The number of benzene rings is 6. The highest BCUT2D eigenvalue weighted by atomic mass is 127. The Morgan fingerprint density at radius 1 is 0.400 bits per heavy atom. The van der Waals surface area contributed by atoms with E-state index in [-0.39, 0.29) is 10.8 Å². The smallest absolute Gasteiger partial charge is 0.0209 e. The summed E-state index contributed by atoms with van der Waals surface area (Å²) >= 11 is 4.97. The third kappa shape index (κ3) is 2.73. The Balaban J connectivity index is 1.34. The van der Waals surface area contributed by atoms with Gasteiger partial charge in [0, 0.05) is 18.0 Å². The molecule has 0 spiro atoms. The molecule has 0 aliphatic heterocycles. The van der Waals surface area contributed by atoms with E-state index in [1.165, 1.54) is 95.4 Å². The van der Waals surface area contributed by atoms with Crippen LogP contribution in [0.4, 0.5) is 0 Å². The number of halogens is 2. The van der Waals surface area contributed by atoms with E-state index < -0.39 is 0 Å². The average molecular weight is 736 g/mol. The van der Waals surface area contributed by atoms with Crippen LogP contribution in [0.3, 0.4) is 0 Å². The lowest BCUT2D eigenvalue weighted by Gasteiger charge is -2.44. The van der Waals surface area contributed by atoms with Gasteiger partial charge in [0.15, 0.2) is 0 Å². The summed E-state index contributed by atoms with van der Waals surface area (Å²) in [6.45, 7) is 9.76. The molecule has 0 nitrogen and oxygen atoms in total. The molecule has 9 rings (SSSR count). The molecule has 2 heteroatoms. The van der Waals surface area contributed by atoms with E-state index in [0.717, 1.165) is 0 Å². The van der Waals surface area contributed by atoms with Crippen molar-refractivity contribution in [1.29, 1.82) is 0 Å². The fourth-order valence-corrected chi connectivity index (χ4v) is 9.35. The van der Waals surface area contributed by atoms with E-state index in [4.69, 9.17) is 0 Å². The average Bonchev–Trinajstić information content (AvgIpc) is 3.44. The highest BCUT2D eigenvalue weighted by Crippen LogP contribution is 2.58.